The number of phenolic OH excluding ortho intramolecular Hbond substituents is 1. The first-order chi connectivity index (χ1) is 9.92. The molecular weight excluding hydrogens is 268 g/mol. The number of fused-ring (bicyclic) bond motifs is 1. The number of phenols is 1. The molecule has 2 unspecified atom stereocenters. The van der Waals surface area contributed by atoms with Gasteiger partial charge in [0.25, 0.3) is 0 Å². The SMILES string of the molecule is CCC(C)C(NC(=O)C1=Cc2cc(O)ccc2C1)C(N)=O. The van der Waals surface area contributed by atoms with Crippen LogP contribution in [0, 0.1) is 5.92 Å². The predicted molar refractivity (Wildman–Crippen MR) is 80.4 cm³/mol. The second-order valence-corrected chi connectivity index (χ2v) is 5.47. The highest BCUT2D eigenvalue weighted by atomic mass is 16.3. The van der Waals surface area contributed by atoms with Gasteiger partial charge in [-0.25, -0.2) is 0 Å². The van der Waals surface area contributed by atoms with E-state index in [1.807, 2.05) is 13.8 Å². The molecule has 0 aromatic heterocycles. The van der Waals surface area contributed by atoms with E-state index in [1.165, 1.54) is 0 Å². The maximum atomic E-state index is 12.3. The molecule has 1 aromatic carbocycles. The molecule has 0 heterocycles. The normalized spacial score (nSPS) is 15.8. The van der Waals surface area contributed by atoms with Crippen LogP contribution in [0.2, 0.25) is 0 Å². The van der Waals surface area contributed by atoms with E-state index < -0.39 is 11.9 Å². The Morgan fingerprint density at radius 3 is 2.76 bits per heavy atom. The Morgan fingerprint density at radius 1 is 1.43 bits per heavy atom. The van der Waals surface area contributed by atoms with Crippen LogP contribution in [0.5, 0.6) is 5.75 Å². The van der Waals surface area contributed by atoms with Crippen molar-refractivity contribution in [2.45, 2.75) is 32.7 Å². The first kappa shape index (κ1) is 15.1. The van der Waals surface area contributed by atoms with Crippen LogP contribution in [0.15, 0.2) is 23.8 Å². The van der Waals surface area contributed by atoms with Crippen molar-refractivity contribution in [1.29, 1.82) is 0 Å². The Hall–Kier alpha value is -2.30. The summed E-state index contributed by atoms with van der Waals surface area (Å²) in [5.41, 5.74) is 7.75. The van der Waals surface area contributed by atoms with Gasteiger partial charge in [0.15, 0.2) is 0 Å². The maximum absolute atomic E-state index is 12.3. The fourth-order valence-corrected chi connectivity index (χ4v) is 2.43. The van der Waals surface area contributed by atoms with Gasteiger partial charge in [-0.05, 0) is 35.3 Å². The molecule has 5 heteroatoms. The zero-order chi connectivity index (χ0) is 15.6. The molecule has 1 aliphatic rings. The van der Waals surface area contributed by atoms with Gasteiger partial charge in [0.1, 0.15) is 11.8 Å². The quantitative estimate of drug-likeness (QED) is 0.763. The highest BCUT2D eigenvalue weighted by Crippen LogP contribution is 2.28. The van der Waals surface area contributed by atoms with Crippen LogP contribution < -0.4 is 11.1 Å². The van der Waals surface area contributed by atoms with Gasteiger partial charge >= 0.3 is 0 Å². The summed E-state index contributed by atoms with van der Waals surface area (Å²) in [6.07, 6.45) is 2.98. The summed E-state index contributed by atoms with van der Waals surface area (Å²) in [5, 5.41) is 12.2. The van der Waals surface area contributed by atoms with Crippen molar-refractivity contribution in [3.63, 3.8) is 0 Å². The van der Waals surface area contributed by atoms with Gasteiger partial charge in [-0.1, -0.05) is 26.3 Å². The summed E-state index contributed by atoms with van der Waals surface area (Å²) in [4.78, 5) is 23.8. The lowest BCUT2D eigenvalue weighted by Gasteiger charge is -2.21. The molecule has 0 spiro atoms. The molecule has 0 bridgehead atoms. The fourth-order valence-electron chi connectivity index (χ4n) is 2.43. The molecule has 21 heavy (non-hydrogen) atoms. The minimum atomic E-state index is -0.666. The molecule has 2 atom stereocenters. The van der Waals surface area contributed by atoms with E-state index >= 15 is 0 Å². The van der Waals surface area contributed by atoms with Crippen LogP contribution in [0.25, 0.3) is 6.08 Å². The molecule has 0 saturated carbocycles. The maximum Gasteiger partial charge on any atom is 0.248 e. The Morgan fingerprint density at radius 2 is 2.14 bits per heavy atom. The number of carbonyl (C=O) groups is 2. The number of hydrogen-bond donors (Lipinski definition) is 3. The number of primary amides is 1. The Labute approximate surface area is 123 Å². The molecule has 4 N–H and O–H groups in total. The molecular formula is C16H20N2O3. The van der Waals surface area contributed by atoms with Crippen molar-refractivity contribution in [1.82, 2.24) is 5.32 Å². The van der Waals surface area contributed by atoms with Crippen LogP contribution in [0.3, 0.4) is 0 Å². The van der Waals surface area contributed by atoms with Crippen molar-refractivity contribution in [3.8, 4) is 5.75 Å². The van der Waals surface area contributed by atoms with Crippen molar-refractivity contribution in [2.24, 2.45) is 11.7 Å². The van der Waals surface area contributed by atoms with Crippen molar-refractivity contribution < 1.29 is 14.7 Å². The number of aromatic hydroxyl groups is 1. The topological polar surface area (TPSA) is 92.4 Å². The van der Waals surface area contributed by atoms with E-state index in [4.69, 9.17) is 5.73 Å². The summed E-state index contributed by atoms with van der Waals surface area (Å²) >= 11 is 0. The summed E-state index contributed by atoms with van der Waals surface area (Å²) in [7, 11) is 0. The molecule has 1 aromatic rings. The van der Waals surface area contributed by atoms with Crippen LogP contribution in [0.1, 0.15) is 31.4 Å². The predicted octanol–water partition coefficient (Wildman–Crippen LogP) is 1.35. The van der Waals surface area contributed by atoms with Crippen molar-refractivity contribution in [2.75, 3.05) is 0 Å². The summed E-state index contributed by atoms with van der Waals surface area (Å²) in [6, 6.07) is 4.34. The lowest BCUT2D eigenvalue weighted by atomic mass is 9.98. The first-order valence-electron chi connectivity index (χ1n) is 7.05. The molecule has 0 aliphatic heterocycles. The molecule has 2 rings (SSSR count). The molecule has 2 amide bonds. The minimum absolute atomic E-state index is 0.0140. The Kier molecular flexibility index (Phi) is 4.31. The lowest BCUT2D eigenvalue weighted by Crippen LogP contribution is -2.48. The molecule has 1 aliphatic carbocycles. The van der Waals surface area contributed by atoms with Gasteiger partial charge in [-0.15, -0.1) is 0 Å². The minimum Gasteiger partial charge on any atom is -0.508 e. The summed E-state index contributed by atoms with van der Waals surface area (Å²) < 4.78 is 0. The second-order valence-electron chi connectivity index (χ2n) is 5.47. The third-order valence-electron chi connectivity index (χ3n) is 3.94. The van der Waals surface area contributed by atoms with Crippen LogP contribution >= 0.6 is 0 Å². The monoisotopic (exact) mass is 288 g/mol. The number of nitrogens with two attached hydrogens (primary N) is 1. The van der Waals surface area contributed by atoms with Crippen molar-refractivity contribution in [3.05, 3.63) is 34.9 Å². The highest BCUT2D eigenvalue weighted by molar-refractivity contribution is 6.02. The third-order valence-corrected chi connectivity index (χ3v) is 3.94. The van der Waals surface area contributed by atoms with E-state index in [1.54, 1.807) is 24.3 Å². The zero-order valence-corrected chi connectivity index (χ0v) is 12.2. The Bertz CT molecular complexity index is 608. The van der Waals surface area contributed by atoms with E-state index in [0.29, 0.717) is 12.0 Å². The molecule has 112 valence electrons. The van der Waals surface area contributed by atoms with Gasteiger partial charge in [-0.3, -0.25) is 9.59 Å². The van der Waals surface area contributed by atoms with Crippen LogP contribution in [-0.4, -0.2) is 23.0 Å². The molecule has 5 nitrogen and oxygen atoms in total. The summed E-state index contributed by atoms with van der Waals surface area (Å²) in [5.74, 6) is -0.651. The second kappa shape index (κ2) is 5.99. The lowest BCUT2D eigenvalue weighted by molar-refractivity contribution is -0.126. The van der Waals surface area contributed by atoms with E-state index in [0.717, 1.165) is 17.5 Å². The number of nitrogens with one attached hydrogen (secondary N) is 1. The zero-order valence-electron chi connectivity index (χ0n) is 12.2. The van der Waals surface area contributed by atoms with Crippen molar-refractivity contribution >= 4 is 17.9 Å². The first-order valence-corrected chi connectivity index (χ1v) is 7.05. The number of hydrogen-bond acceptors (Lipinski definition) is 3. The van der Waals surface area contributed by atoms with Gasteiger partial charge in [0, 0.05) is 12.0 Å². The van der Waals surface area contributed by atoms with Crippen LogP contribution in [0.4, 0.5) is 0 Å². The fraction of sp³-hybridized carbons (Fsp3) is 0.375. The van der Waals surface area contributed by atoms with Crippen LogP contribution in [-0.2, 0) is 16.0 Å². The number of amides is 2. The summed E-state index contributed by atoms with van der Waals surface area (Å²) in [6.45, 7) is 3.83. The standard InChI is InChI=1S/C16H20N2O3/c1-3-9(2)14(15(17)20)18-16(21)12-6-10-4-5-13(19)8-11(10)7-12/h4-5,7-9,14,19H,3,6H2,1-2H3,(H2,17,20)(H,18,21). The molecule has 0 fully saturated rings. The average molecular weight is 288 g/mol. The average Bonchev–Trinajstić information content (AvgIpc) is 2.86. The van der Waals surface area contributed by atoms with Gasteiger partial charge in [0.05, 0.1) is 0 Å². The van der Waals surface area contributed by atoms with Gasteiger partial charge < -0.3 is 16.2 Å². The van der Waals surface area contributed by atoms with E-state index in [9.17, 15) is 14.7 Å². The molecule has 0 radical (unpaired) electrons. The molecule has 0 saturated heterocycles. The van der Waals surface area contributed by atoms with E-state index in [-0.39, 0.29) is 17.6 Å². The number of benzene rings is 1. The Balaban J connectivity index is 2.12. The third kappa shape index (κ3) is 3.24. The van der Waals surface area contributed by atoms with Gasteiger partial charge in [0.2, 0.25) is 11.8 Å². The van der Waals surface area contributed by atoms with E-state index in [2.05, 4.69) is 5.32 Å². The van der Waals surface area contributed by atoms with Gasteiger partial charge in [-0.2, -0.15) is 0 Å². The number of rotatable bonds is 5. The highest BCUT2D eigenvalue weighted by Gasteiger charge is 2.26. The smallest absolute Gasteiger partial charge is 0.248 e. The number of carbonyl (C=O) groups excluding carboxylic acids is 2. The largest absolute Gasteiger partial charge is 0.508 e.